The van der Waals surface area contributed by atoms with Crippen LogP contribution in [0.3, 0.4) is 0 Å². The highest BCUT2D eigenvalue weighted by Gasteiger charge is 2.14. The van der Waals surface area contributed by atoms with Crippen LogP contribution in [-0.4, -0.2) is 40.4 Å². The Morgan fingerprint density at radius 2 is 1.80 bits per heavy atom. The van der Waals surface area contributed by atoms with Gasteiger partial charge in [-0.25, -0.2) is 13.3 Å². The second kappa shape index (κ2) is 10.0. The van der Waals surface area contributed by atoms with Gasteiger partial charge in [0.15, 0.2) is 6.61 Å². The number of rotatable bonds is 9. The molecule has 7 heteroatoms. The number of carboxylic acid groups (broad SMARTS) is 1. The van der Waals surface area contributed by atoms with E-state index in [2.05, 4.69) is 0 Å². The first kappa shape index (κ1) is 21.5. The largest absolute Gasteiger partial charge is 0.497 e. The molecule has 0 aliphatic carbocycles. The molecule has 3 aromatic rings. The topological polar surface area (TPSA) is 76.1 Å². The SMILES string of the molecule is COc1cccc(-c2cc(CN(C)S(=O)c3ccccc3)ccc2OCC(=O)O)c1. The summed E-state index contributed by atoms with van der Waals surface area (Å²) in [6, 6.07) is 22.2. The molecule has 1 atom stereocenters. The third-order valence-corrected chi connectivity index (χ3v) is 5.78. The number of hydrogen-bond acceptors (Lipinski definition) is 4. The van der Waals surface area contributed by atoms with Crippen molar-refractivity contribution in [3.63, 3.8) is 0 Å². The van der Waals surface area contributed by atoms with E-state index < -0.39 is 23.6 Å². The summed E-state index contributed by atoms with van der Waals surface area (Å²) in [4.78, 5) is 11.7. The van der Waals surface area contributed by atoms with E-state index in [1.165, 1.54) is 0 Å². The van der Waals surface area contributed by atoms with Crippen LogP contribution in [0.2, 0.25) is 0 Å². The predicted molar refractivity (Wildman–Crippen MR) is 116 cm³/mol. The maximum Gasteiger partial charge on any atom is 0.341 e. The highest BCUT2D eigenvalue weighted by Crippen LogP contribution is 2.33. The summed E-state index contributed by atoms with van der Waals surface area (Å²) in [7, 11) is 2.09. The molecule has 0 aliphatic rings. The van der Waals surface area contributed by atoms with Gasteiger partial charge in [0.25, 0.3) is 0 Å². The van der Waals surface area contributed by atoms with Crippen LogP contribution in [-0.2, 0) is 22.3 Å². The van der Waals surface area contributed by atoms with Crippen LogP contribution in [0.15, 0.2) is 77.7 Å². The van der Waals surface area contributed by atoms with Gasteiger partial charge in [-0.1, -0.05) is 36.4 Å². The van der Waals surface area contributed by atoms with Crippen LogP contribution >= 0.6 is 0 Å². The van der Waals surface area contributed by atoms with Crippen LogP contribution in [0.25, 0.3) is 11.1 Å². The Morgan fingerprint density at radius 3 is 2.50 bits per heavy atom. The molecular formula is C23H23NO5S. The zero-order valence-corrected chi connectivity index (χ0v) is 17.6. The average molecular weight is 426 g/mol. The second-order valence-electron chi connectivity index (χ2n) is 6.59. The smallest absolute Gasteiger partial charge is 0.341 e. The summed E-state index contributed by atoms with van der Waals surface area (Å²) in [5, 5.41) is 8.98. The Hall–Kier alpha value is -3.16. The Morgan fingerprint density at radius 1 is 1.03 bits per heavy atom. The lowest BCUT2D eigenvalue weighted by atomic mass is 10.0. The Bertz CT molecular complexity index is 1040. The van der Waals surface area contributed by atoms with Gasteiger partial charge in [-0.3, -0.25) is 0 Å². The predicted octanol–water partition coefficient (Wildman–Crippen LogP) is 3.98. The summed E-state index contributed by atoms with van der Waals surface area (Å²) in [5.41, 5.74) is 2.50. The Balaban J connectivity index is 1.90. The molecule has 0 heterocycles. The maximum atomic E-state index is 12.8. The fourth-order valence-corrected chi connectivity index (χ4v) is 4.01. The summed E-state index contributed by atoms with van der Waals surface area (Å²) in [5.74, 6) is 0.0966. The molecular weight excluding hydrogens is 402 g/mol. The van der Waals surface area contributed by atoms with Gasteiger partial charge in [-0.2, -0.15) is 0 Å². The molecule has 6 nitrogen and oxygen atoms in total. The molecule has 3 aromatic carbocycles. The van der Waals surface area contributed by atoms with Crippen molar-refractivity contribution in [2.45, 2.75) is 11.4 Å². The molecule has 1 unspecified atom stereocenters. The second-order valence-corrected chi connectivity index (χ2v) is 8.19. The van der Waals surface area contributed by atoms with Gasteiger partial charge in [0.05, 0.1) is 12.0 Å². The number of aliphatic carboxylic acids is 1. The fraction of sp³-hybridized carbons (Fsp3) is 0.174. The van der Waals surface area contributed by atoms with Crippen molar-refractivity contribution in [2.75, 3.05) is 20.8 Å². The van der Waals surface area contributed by atoms with Crippen molar-refractivity contribution in [1.29, 1.82) is 0 Å². The van der Waals surface area contributed by atoms with E-state index in [-0.39, 0.29) is 0 Å². The molecule has 0 amide bonds. The zero-order valence-electron chi connectivity index (χ0n) is 16.8. The molecule has 0 bridgehead atoms. The number of hydrogen-bond donors (Lipinski definition) is 1. The minimum Gasteiger partial charge on any atom is -0.497 e. The fourth-order valence-electron chi connectivity index (χ4n) is 2.99. The molecule has 1 N–H and O–H groups in total. The highest BCUT2D eigenvalue weighted by atomic mass is 32.2. The van der Waals surface area contributed by atoms with Gasteiger partial charge >= 0.3 is 5.97 Å². The van der Waals surface area contributed by atoms with E-state index in [0.717, 1.165) is 21.6 Å². The van der Waals surface area contributed by atoms with Crippen LogP contribution in [0.5, 0.6) is 11.5 Å². The van der Waals surface area contributed by atoms with Crippen LogP contribution in [0.1, 0.15) is 5.56 Å². The molecule has 0 saturated heterocycles. The number of methoxy groups -OCH3 is 1. The van der Waals surface area contributed by atoms with Crippen molar-refractivity contribution in [1.82, 2.24) is 4.31 Å². The van der Waals surface area contributed by atoms with Crippen molar-refractivity contribution in [3.8, 4) is 22.6 Å². The molecule has 30 heavy (non-hydrogen) atoms. The minimum absolute atomic E-state index is 0.436. The van der Waals surface area contributed by atoms with Gasteiger partial charge in [0, 0.05) is 19.2 Å². The van der Waals surface area contributed by atoms with E-state index >= 15 is 0 Å². The Labute approximate surface area is 178 Å². The van der Waals surface area contributed by atoms with Crippen LogP contribution < -0.4 is 9.47 Å². The highest BCUT2D eigenvalue weighted by molar-refractivity contribution is 7.82. The molecule has 156 valence electrons. The van der Waals surface area contributed by atoms with E-state index in [4.69, 9.17) is 14.6 Å². The first-order chi connectivity index (χ1) is 14.5. The standard InChI is InChI=1S/C23H23NO5S/c1-24(30(27)20-9-4-3-5-10-20)15-17-11-12-22(29-16-23(25)26)21(13-17)18-7-6-8-19(14-18)28-2/h3-14H,15-16H2,1-2H3,(H,25,26). The summed E-state index contributed by atoms with van der Waals surface area (Å²) >= 11 is 0. The lowest BCUT2D eigenvalue weighted by Gasteiger charge is -2.18. The van der Waals surface area contributed by atoms with Gasteiger partial charge < -0.3 is 14.6 Å². The molecule has 0 radical (unpaired) electrons. The molecule has 0 aromatic heterocycles. The molecule has 0 aliphatic heterocycles. The quantitative estimate of drug-likeness (QED) is 0.561. The first-order valence-electron chi connectivity index (χ1n) is 9.28. The van der Waals surface area contributed by atoms with E-state index in [0.29, 0.717) is 18.0 Å². The Kier molecular flexibility index (Phi) is 7.21. The first-order valence-corrected chi connectivity index (χ1v) is 10.4. The number of ether oxygens (including phenoxy) is 2. The molecule has 0 saturated carbocycles. The molecule has 0 fully saturated rings. The summed E-state index contributed by atoms with van der Waals surface area (Å²) < 4.78 is 25.3. The third kappa shape index (κ3) is 5.46. The van der Waals surface area contributed by atoms with Crippen molar-refractivity contribution in [3.05, 3.63) is 78.4 Å². The van der Waals surface area contributed by atoms with Crippen LogP contribution in [0, 0.1) is 0 Å². The number of carbonyl (C=O) groups is 1. The normalized spacial score (nSPS) is 11.8. The number of nitrogens with zero attached hydrogens (tertiary/aromatic N) is 1. The van der Waals surface area contributed by atoms with E-state index in [1.54, 1.807) is 24.5 Å². The number of carboxylic acids is 1. The average Bonchev–Trinajstić information content (AvgIpc) is 2.78. The van der Waals surface area contributed by atoms with E-state index in [1.807, 2.05) is 66.7 Å². The van der Waals surface area contributed by atoms with Crippen molar-refractivity contribution >= 4 is 17.0 Å². The molecule has 0 spiro atoms. The summed E-state index contributed by atoms with van der Waals surface area (Å²) in [6.07, 6.45) is 0. The van der Waals surface area contributed by atoms with Gasteiger partial charge in [-0.15, -0.1) is 0 Å². The third-order valence-electron chi connectivity index (χ3n) is 4.41. The van der Waals surface area contributed by atoms with Crippen LogP contribution in [0.4, 0.5) is 0 Å². The minimum atomic E-state index is -1.30. The van der Waals surface area contributed by atoms with Crippen molar-refractivity contribution < 1.29 is 23.6 Å². The van der Waals surface area contributed by atoms with E-state index in [9.17, 15) is 9.00 Å². The number of benzene rings is 3. The molecule has 3 rings (SSSR count). The van der Waals surface area contributed by atoms with Gasteiger partial charge in [0.2, 0.25) is 0 Å². The lowest BCUT2D eigenvalue weighted by Crippen LogP contribution is -2.20. The monoisotopic (exact) mass is 425 g/mol. The lowest BCUT2D eigenvalue weighted by molar-refractivity contribution is -0.139. The van der Waals surface area contributed by atoms with Gasteiger partial charge in [0.1, 0.15) is 22.5 Å². The maximum absolute atomic E-state index is 12.8. The summed E-state index contributed by atoms with van der Waals surface area (Å²) in [6.45, 7) is 0.00588. The van der Waals surface area contributed by atoms with Gasteiger partial charge in [-0.05, 0) is 47.5 Å². The van der Waals surface area contributed by atoms with Crippen molar-refractivity contribution in [2.24, 2.45) is 0 Å². The zero-order chi connectivity index (χ0) is 21.5.